The van der Waals surface area contributed by atoms with Crippen LogP contribution in [0.2, 0.25) is 0 Å². The lowest BCUT2D eigenvalue weighted by atomic mass is 10.2. The van der Waals surface area contributed by atoms with Gasteiger partial charge in [-0.3, -0.25) is 19.5 Å². The van der Waals surface area contributed by atoms with Crippen LogP contribution in [0.1, 0.15) is 22.5 Å². The average Bonchev–Trinajstić information content (AvgIpc) is 3.58. The number of rotatable bonds is 5. The van der Waals surface area contributed by atoms with Gasteiger partial charge in [-0.15, -0.1) is 0 Å². The maximum absolute atomic E-state index is 12.1. The molecule has 0 aromatic carbocycles. The predicted molar refractivity (Wildman–Crippen MR) is 141 cm³/mol. The number of carbonyl (C=O) groups excluding carboxylic acids is 1. The van der Waals surface area contributed by atoms with E-state index in [-0.39, 0.29) is 18.0 Å². The van der Waals surface area contributed by atoms with Crippen molar-refractivity contribution in [3.05, 3.63) is 48.4 Å². The lowest BCUT2D eigenvalue weighted by Crippen LogP contribution is -2.45. The summed E-state index contributed by atoms with van der Waals surface area (Å²) in [5.41, 5.74) is 10.3. The number of nitrogens with zero attached hydrogens (tertiary/aromatic N) is 8. The maximum atomic E-state index is 12.1. The number of carboxylic acid groups (broad SMARTS) is 1. The minimum absolute atomic E-state index is 0.0523. The summed E-state index contributed by atoms with van der Waals surface area (Å²) >= 11 is 0. The predicted octanol–water partition coefficient (Wildman–Crippen LogP) is 1.56. The van der Waals surface area contributed by atoms with Gasteiger partial charge in [-0.25, -0.2) is 19.9 Å². The van der Waals surface area contributed by atoms with Crippen molar-refractivity contribution in [1.82, 2.24) is 34.4 Å². The molecule has 2 saturated heterocycles. The molecule has 6 rings (SSSR count). The molecule has 2 aliphatic heterocycles. The first-order valence-electron chi connectivity index (χ1n) is 12.0. The summed E-state index contributed by atoms with van der Waals surface area (Å²) in [6.07, 6.45) is 9.62. The molecular weight excluding hydrogens is 488 g/mol. The Bertz CT molecular complexity index is 1520. The third-order valence-electron chi connectivity index (χ3n) is 7.02. The van der Waals surface area contributed by atoms with Gasteiger partial charge in [0.05, 0.1) is 41.8 Å². The Hall–Kier alpha value is -4.65. The highest BCUT2D eigenvalue weighted by Gasteiger charge is 2.42. The van der Waals surface area contributed by atoms with Crippen molar-refractivity contribution >= 4 is 40.7 Å². The minimum Gasteiger partial charge on any atom is -0.483 e. The minimum atomic E-state index is -0.667. The third kappa shape index (κ3) is 4.47. The van der Waals surface area contributed by atoms with Gasteiger partial charge in [-0.1, -0.05) is 0 Å². The van der Waals surface area contributed by atoms with Crippen molar-refractivity contribution in [1.29, 1.82) is 0 Å². The van der Waals surface area contributed by atoms with E-state index in [4.69, 9.17) is 20.6 Å². The Morgan fingerprint density at radius 3 is 2.58 bits per heavy atom. The molecule has 13 nitrogen and oxygen atoms in total. The van der Waals surface area contributed by atoms with Crippen molar-refractivity contribution in [3.8, 4) is 11.3 Å². The summed E-state index contributed by atoms with van der Waals surface area (Å²) < 4.78 is 1.89. The van der Waals surface area contributed by atoms with E-state index in [1.807, 2.05) is 24.6 Å². The molecule has 2 fully saturated rings. The number of hydrogen-bond acceptors (Lipinski definition) is 10. The van der Waals surface area contributed by atoms with E-state index < -0.39 is 5.91 Å². The number of amides is 1. The molecule has 2 aliphatic rings. The molecule has 2 atom stereocenters. The van der Waals surface area contributed by atoms with Crippen LogP contribution in [-0.2, 0) is 11.8 Å². The standard InChI is InChI=1S/C24H26N10O.CH2O2/c1-13-4-14(6-28-24(13)34-11-15-5-16(34)10-32(15)2)30-23-21(22(25)35)27-8-18(31-23)17-7-26-9-19-20(17)29-12-33(19)3;2-1-3/h4,6-9,12,15-16H,5,10-11H2,1-3H3,(H2,25,35)(H,30,31);1H,(H,2,3)/t15-,16-;/m1./s1. The number of piperazine rings is 1. The number of carbonyl (C=O) groups is 2. The molecule has 0 unspecified atom stereocenters. The van der Waals surface area contributed by atoms with Crippen LogP contribution in [-0.4, -0.2) is 84.1 Å². The monoisotopic (exact) mass is 516 g/mol. The van der Waals surface area contributed by atoms with E-state index in [1.165, 1.54) is 12.6 Å². The molecule has 196 valence electrons. The zero-order chi connectivity index (χ0) is 27.0. The van der Waals surface area contributed by atoms with E-state index >= 15 is 0 Å². The lowest BCUT2D eigenvalue weighted by Gasteiger charge is -2.33. The Balaban J connectivity index is 0.000000937. The van der Waals surface area contributed by atoms with Crippen LogP contribution in [0.5, 0.6) is 0 Å². The first-order valence-corrected chi connectivity index (χ1v) is 12.0. The Labute approximate surface area is 218 Å². The average molecular weight is 517 g/mol. The fourth-order valence-corrected chi connectivity index (χ4v) is 5.22. The second-order valence-electron chi connectivity index (χ2n) is 9.46. The molecule has 2 bridgehead atoms. The zero-order valence-electron chi connectivity index (χ0n) is 21.2. The summed E-state index contributed by atoms with van der Waals surface area (Å²) in [4.78, 5) is 47.8. The van der Waals surface area contributed by atoms with Crippen LogP contribution in [0.4, 0.5) is 17.3 Å². The van der Waals surface area contributed by atoms with E-state index in [9.17, 15) is 4.79 Å². The van der Waals surface area contributed by atoms with Crippen LogP contribution in [0.15, 0.2) is 37.2 Å². The van der Waals surface area contributed by atoms with Gasteiger partial charge in [0.2, 0.25) is 0 Å². The van der Waals surface area contributed by atoms with Crippen LogP contribution in [0.3, 0.4) is 0 Å². The van der Waals surface area contributed by atoms with Crippen molar-refractivity contribution in [2.75, 3.05) is 30.4 Å². The second kappa shape index (κ2) is 10.0. The van der Waals surface area contributed by atoms with Crippen LogP contribution in [0, 0.1) is 6.92 Å². The number of imidazole rings is 1. The number of anilines is 3. The molecule has 0 aliphatic carbocycles. The Kier molecular flexibility index (Phi) is 6.59. The molecule has 4 N–H and O–H groups in total. The molecule has 13 heteroatoms. The quantitative estimate of drug-likeness (QED) is 0.329. The lowest BCUT2D eigenvalue weighted by molar-refractivity contribution is -0.122. The summed E-state index contributed by atoms with van der Waals surface area (Å²) in [5, 5.41) is 10.1. The number of likely N-dealkylation sites (N-methyl/N-ethyl adjacent to an activating group) is 1. The highest BCUT2D eigenvalue weighted by molar-refractivity contribution is 5.97. The summed E-state index contributed by atoms with van der Waals surface area (Å²) in [6.45, 7) is 3.86. The van der Waals surface area contributed by atoms with Crippen molar-refractivity contribution in [3.63, 3.8) is 0 Å². The first kappa shape index (κ1) is 25.0. The van der Waals surface area contributed by atoms with Crippen LogP contribution >= 0.6 is 0 Å². The van der Waals surface area contributed by atoms with Crippen molar-refractivity contribution in [2.45, 2.75) is 25.4 Å². The van der Waals surface area contributed by atoms with Crippen molar-refractivity contribution < 1.29 is 14.7 Å². The van der Waals surface area contributed by atoms with Gasteiger partial charge in [0.15, 0.2) is 11.5 Å². The van der Waals surface area contributed by atoms with Gasteiger partial charge in [0.1, 0.15) is 11.3 Å². The second-order valence-corrected chi connectivity index (χ2v) is 9.46. The van der Waals surface area contributed by atoms with Gasteiger partial charge in [0, 0.05) is 44.0 Å². The maximum Gasteiger partial charge on any atom is 0.290 e. The zero-order valence-corrected chi connectivity index (χ0v) is 21.2. The number of fused-ring (bicyclic) bond motifs is 3. The smallest absolute Gasteiger partial charge is 0.290 e. The van der Waals surface area contributed by atoms with Gasteiger partial charge in [-0.2, -0.15) is 0 Å². The van der Waals surface area contributed by atoms with Gasteiger partial charge in [0.25, 0.3) is 12.4 Å². The molecule has 4 aromatic rings. The van der Waals surface area contributed by atoms with Crippen molar-refractivity contribution in [2.24, 2.45) is 12.8 Å². The number of primary amides is 1. The SMILES string of the molecule is Cc1cc(Nc2nc(-c3cncc4c3ncn4C)cnc2C(N)=O)cnc1N1C[C@H]2C[C@@H]1CN2C.O=CO. The van der Waals surface area contributed by atoms with Crippen LogP contribution in [0.25, 0.3) is 22.3 Å². The number of nitrogens with one attached hydrogen (secondary N) is 1. The van der Waals surface area contributed by atoms with E-state index in [1.54, 1.807) is 24.9 Å². The van der Waals surface area contributed by atoms with E-state index in [0.717, 1.165) is 35.5 Å². The fourth-order valence-electron chi connectivity index (χ4n) is 5.22. The molecule has 0 saturated carbocycles. The molecule has 38 heavy (non-hydrogen) atoms. The highest BCUT2D eigenvalue weighted by atomic mass is 16.3. The molecule has 6 heterocycles. The summed E-state index contributed by atoms with van der Waals surface area (Å²) in [7, 11) is 4.09. The fraction of sp³-hybridized carbons (Fsp3) is 0.320. The van der Waals surface area contributed by atoms with Gasteiger partial charge >= 0.3 is 0 Å². The van der Waals surface area contributed by atoms with E-state index in [0.29, 0.717) is 29.0 Å². The molecular formula is C25H28N10O3. The normalized spacial score (nSPS) is 18.3. The number of likely N-dealkylation sites (tertiary alicyclic amines) is 1. The number of hydrogen-bond donors (Lipinski definition) is 3. The Morgan fingerprint density at radius 2 is 1.92 bits per heavy atom. The highest BCUT2D eigenvalue weighted by Crippen LogP contribution is 2.35. The van der Waals surface area contributed by atoms with Gasteiger partial charge < -0.3 is 25.6 Å². The summed E-state index contributed by atoms with van der Waals surface area (Å²) in [6, 6.07) is 3.10. The van der Waals surface area contributed by atoms with Gasteiger partial charge in [-0.05, 0) is 32.0 Å². The molecule has 0 radical (unpaired) electrons. The number of nitrogens with two attached hydrogens (primary N) is 1. The topological polar surface area (TPSA) is 168 Å². The first-order chi connectivity index (χ1) is 18.3. The molecule has 0 spiro atoms. The Morgan fingerprint density at radius 1 is 1.13 bits per heavy atom. The van der Waals surface area contributed by atoms with Crippen LogP contribution < -0.4 is 16.0 Å². The molecule has 1 amide bonds. The third-order valence-corrected chi connectivity index (χ3v) is 7.02. The number of aromatic nitrogens is 6. The number of pyridine rings is 2. The molecule has 4 aromatic heterocycles. The summed E-state index contributed by atoms with van der Waals surface area (Å²) in [5.74, 6) is 0.594. The number of aryl methyl sites for hydroxylation is 2. The largest absolute Gasteiger partial charge is 0.483 e. The van der Waals surface area contributed by atoms with E-state index in [2.05, 4.69) is 42.1 Å².